The summed E-state index contributed by atoms with van der Waals surface area (Å²) in [7, 11) is 0. The van der Waals surface area contributed by atoms with Crippen LogP contribution in [0.4, 0.5) is 4.79 Å². The monoisotopic (exact) mass is 271 g/mol. The van der Waals surface area contributed by atoms with Crippen molar-refractivity contribution >= 4 is 17.9 Å². The average Bonchev–Trinajstić information content (AvgIpc) is 2.37. The van der Waals surface area contributed by atoms with Crippen molar-refractivity contribution in [1.82, 2.24) is 10.2 Å². The van der Waals surface area contributed by atoms with Gasteiger partial charge in [-0.1, -0.05) is 0 Å². The lowest BCUT2D eigenvalue weighted by Gasteiger charge is -2.30. The molecule has 1 rings (SSSR count). The van der Waals surface area contributed by atoms with Gasteiger partial charge in [0.25, 0.3) is 0 Å². The quantitative estimate of drug-likeness (QED) is 0.597. The smallest absolute Gasteiger partial charge is 0.317 e. The second-order valence-electron chi connectivity index (χ2n) is 4.75. The minimum atomic E-state index is -0.820. The SMILES string of the molecule is NC(=O)C1CCN(C(=O)NCCCCC(=O)O)CC1. The summed E-state index contributed by atoms with van der Waals surface area (Å²) in [5.74, 6) is -1.24. The topological polar surface area (TPSA) is 113 Å². The van der Waals surface area contributed by atoms with Crippen molar-refractivity contribution < 1.29 is 19.5 Å². The molecule has 0 unspecified atom stereocenters. The maximum absolute atomic E-state index is 11.8. The number of hydrogen-bond donors (Lipinski definition) is 3. The van der Waals surface area contributed by atoms with Crippen molar-refractivity contribution in [3.05, 3.63) is 0 Å². The van der Waals surface area contributed by atoms with Crippen LogP contribution in [0.2, 0.25) is 0 Å². The number of primary amides is 1. The Kier molecular flexibility index (Phi) is 6.11. The fourth-order valence-corrected chi connectivity index (χ4v) is 2.08. The molecule has 19 heavy (non-hydrogen) atoms. The highest BCUT2D eigenvalue weighted by atomic mass is 16.4. The van der Waals surface area contributed by atoms with Gasteiger partial charge in [-0.2, -0.15) is 0 Å². The maximum atomic E-state index is 11.8. The van der Waals surface area contributed by atoms with E-state index in [2.05, 4.69) is 5.32 Å². The van der Waals surface area contributed by atoms with Crippen LogP contribution in [0.15, 0.2) is 0 Å². The van der Waals surface area contributed by atoms with Crippen LogP contribution in [0, 0.1) is 5.92 Å². The molecule has 0 aromatic carbocycles. The molecular formula is C12H21N3O4. The molecule has 1 fully saturated rings. The van der Waals surface area contributed by atoms with Crippen molar-refractivity contribution in [2.75, 3.05) is 19.6 Å². The first-order valence-corrected chi connectivity index (χ1v) is 6.54. The molecule has 7 nitrogen and oxygen atoms in total. The molecule has 1 aliphatic heterocycles. The molecule has 108 valence electrons. The van der Waals surface area contributed by atoms with Gasteiger partial charge in [-0.15, -0.1) is 0 Å². The molecule has 0 aliphatic carbocycles. The zero-order valence-electron chi connectivity index (χ0n) is 10.9. The maximum Gasteiger partial charge on any atom is 0.317 e. The van der Waals surface area contributed by atoms with Crippen molar-refractivity contribution in [3.8, 4) is 0 Å². The Hall–Kier alpha value is -1.79. The number of urea groups is 1. The van der Waals surface area contributed by atoms with E-state index in [9.17, 15) is 14.4 Å². The molecule has 7 heteroatoms. The molecule has 0 spiro atoms. The number of carboxylic acids is 1. The van der Waals surface area contributed by atoms with Crippen LogP contribution < -0.4 is 11.1 Å². The summed E-state index contributed by atoms with van der Waals surface area (Å²) >= 11 is 0. The molecule has 3 amide bonds. The fourth-order valence-electron chi connectivity index (χ4n) is 2.08. The summed E-state index contributed by atoms with van der Waals surface area (Å²) in [4.78, 5) is 34.7. The fraction of sp³-hybridized carbons (Fsp3) is 0.750. The largest absolute Gasteiger partial charge is 0.481 e. The summed E-state index contributed by atoms with van der Waals surface area (Å²) in [6.45, 7) is 1.55. The number of nitrogens with zero attached hydrogens (tertiary/aromatic N) is 1. The normalized spacial score (nSPS) is 16.1. The summed E-state index contributed by atoms with van der Waals surface area (Å²) in [5, 5.41) is 11.2. The second-order valence-corrected chi connectivity index (χ2v) is 4.75. The number of nitrogens with one attached hydrogen (secondary N) is 1. The summed E-state index contributed by atoms with van der Waals surface area (Å²) in [6.07, 6.45) is 2.55. The third-order valence-corrected chi connectivity index (χ3v) is 3.28. The van der Waals surface area contributed by atoms with E-state index < -0.39 is 5.97 Å². The van der Waals surface area contributed by atoms with Gasteiger partial charge in [0.1, 0.15) is 0 Å². The van der Waals surface area contributed by atoms with E-state index in [4.69, 9.17) is 10.8 Å². The zero-order chi connectivity index (χ0) is 14.3. The number of aliphatic carboxylic acids is 1. The highest BCUT2D eigenvalue weighted by Gasteiger charge is 2.25. The number of unbranched alkanes of at least 4 members (excludes halogenated alkanes) is 1. The van der Waals surface area contributed by atoms with Crippen molar-refractivity contribution in [3.63, 3.8) is 0 Å². The number of amides is 3. The molecule has 0 atom stereocenters. The number of nitrogens with two attached hydrogens (primary N) is 1. The van der Waals surface area contributed by atoms with E-state index >= 15 is 0 Å². The Morgan fingerprint density at radius 1 is 1.21 bits per heavy atom. The summed E-state index contributed by atoms with van der Waals surface area (Å²) < 4.78 is 0. The molecule has 0 aromatic rings. The highest BCUT2D eigenvalue weighted by molar-refractivity contribution is 5.78. The number of piperidine rings is 1. The lowest BCUT2D eigenvalue weighted by atomic mass is 9.96. The van der Waals surface area contributed by atoms with E-state index in [-0.39, 0.29) is 24.3 Å². The minimum absolute atomic E-state index is 0.125. The van der Waals surface area contributed by atoms with E-state index in [1.165, 1.54) is 0 Å². The number of carbonyl (C=O) groups is 3. The molecule has 1 aliphatic rings. The Morgan fingerprint density at radius 3 is 2.37 bits per heavy atom. The van der Waals surface area contributed by atoms with Crippen molar-refractivity contribution in [2.45, 2.75) is 32.1 Å². The van der Waals surface area contributed by atoms with Gasteiger partial charge in [0, 0.05) is 32.0 Å². The molecular weight excluding hydrogens is 250 g/mol. The minimum Gasteiger partial charge on any atom is -0.481 e. The molecule has 4 N–H and O–H groups in total. The number of carbonyl (C=O) groups excluding carboxylic acids is 2. The van der Waals surface area contributed by atoms with Gasteiger partial charge in [0.2, 0.25) is 5.91 Å². The predicted octanol–water partition coefficient (Wildman–Crippen LogP) is 0.148. The molecule has 0 radical (unpaired) electrons. The summed E-state index contributed by atoms with van der Waals surface area (Å²) in [5.41, 5.74) is 5.22. The Morgan fingerprint density at radius 2 is 1.84 bits per heavy atom. The first kappa shape index (κ1) is 15.3. The van der Waals surface area contributed by atoms with Crippen LogP contribution in [0.3, 0.4) is 0 Å². The number of rotatable bonds is 6. The van der Waals surface area contributed by atoms with Crippen molar-refractivity contribution in [2.24, 2.45) is 11.7 Å². The van der Waals surface area contributed by atoms with Crippen LogP contribution in [0.5, 0.6) is 0 Å². The predicted molar refractivity (Wildman–Crippen MR) is 68.4 cm³/mol. The zero-order valence-corrected chi connectivity index (χ0v) is 10.9. The highest BCUT2D eigenvalue weighted by Crippen LogP contribution is 2.16. The number of hydrogen-bond acceptors (Lipinski definition) is 3. The van der Waals surface area contributed by atoms with Gasteiger partial charge in [-0.25, -0.2) is 4.79 Å². The second kappa shape index (κ2) is 7.60. The summed E-state index contributed by atoms with van der Waals surface area (Å²) in [6, 6.07) is -0.154. The molecule has 0 bridgehead atoms. The average molecular weight is 271 g/mol. The first-order valence-electron chi connectivity index (χ1n) is 6.54. The van der Waals surface area contributed by atoms with Crippen LogP contribution >= 0.6 is 0 Å². The Labute approximate surface area is 112 Å². The number of likely N-dealkylation sites (tertiary alicyclic amines) is 1. The van der Waals surface area contributed by atoms with Gasteiger partial charge in [0.15, 0.2) is 0 Å². The van der Waals surface area contributed by atoms with Gasteiger partial charge in [0.05, 0.1) is 0 Å². The lowest BCUT2D eigenvalue weighted by molar-refractivity contribution is -0.137. The van der Waals surface area contributed by atoms with Crippen LogP contribution in [0.1, 0.15) is 32.1 Å². The van der Waals surface area contributed by atoms with Crippen LogP contribution in [-0.4, -0.2) is 47.5 Å². The van der Waals surface area contributed by atoms with Crippen LogP contribution in [0.25, 0.3) is 0 Å². The van der Waals surface area contributed by atoms with Gasteiger partial charge in [-0.3, -0.25) is 9.59 Å². The molecule has 1 saturated heterocycles. The van der Waals surface area contributed by atoms with Crippen molar-refractivity contribution in [1.29, 1.82) is 0 Å². The van der Waals surface area contributed by atoms with Crippen LogP contribution in [-0.2, 0) is 9.59 Å². The molecule has 1 heterocycles. The van der Waals surface area contributed by atoms with E-state index in [1.807, 2.05) is 0 Å². The number of carboxylic acid groups (broad SMARTS) is 1. The standard InChI is InChI=1S/C12H21N3O4/c13-11(18)9-4-7-15(8-5-9)12(19)14-6-2-1-3-10(16)17/h9H,1-8H2,(H2,13,18)(H,14,19)(H,16,17). The third kappa shape index (κ3) is 5.58. The van der Waals surface area contributed by atoms with E-state index in [1.54, 1.807) is 4.90 Å². The third-order valence-electron chi connectivity index (χ3n) is 3.28. The van der Waals surface area contributed by atoms with E-state index in [0.717, 1.165) is 0 Å². The van der Waals surface area contributed by atoms with Gasteiger partial charge >= 0.3 is 12.0 Å². The molecule has 0 saturated carbocycles. The first-order chi connectivity index (χ1) is 9.00. The van der Waals surface area contributed by atoms with Gasteiger partial charge < -0.3 is 21.1 Å². The van der Waals surface area contributed by atoms with Gasteiger partial charge in [-0.05, 0) is 25.7 Å². The Bertz CT molecular complexity index is 338. The molecule has 0 aromatic heterocycles. The Balaban J connectivity index is 2.14. The lowest BCUT2D eigenvalue weighted by Crippen LogP contribution is -2.46. The van der Waals surface area contributed by atoms with E-state index in [0.29, 0.717) is 45.3 Å².